The minimum atomic E-state index is -3.57. The summed E-state index contributed by atoms with van der Waals surface area (Å²) in [4.78, 5) is 0. The maximum atomic E-state index is 11.0. The van der Waals surface area contributed by atoms with Crippen molar-refractivity contribution >= 4 is 20.9 Å². The van der Waals surface area contributed by atoms with E-state index in [1.165, 1.54) is 0 Å². The zero-order chi connectivity index (χ0) is 10.9. The van der Waals surface area contributed by atoms with Gasteiger partial charge in [0.05, 0.1) is 12.5 Å². The van der Waals surface area contributed by atoms with E-state index in [2.05, 4.69) is 10.2 Å². The van der Waals surface area contributed by atoms with Crippen LogP contribution in [-0.2, 0) is 10.1 Å². The van der Waals surface area contributed by atoms with E-state index in [4.69, 9.17) is 4.18 Å². The zero-order valence-electron chi connectivity index (χ0n) is 7.91. The van der Waals surface area contributed by atoms with E-state index in [0.29, 0.717) is 5.39 Å². The van der Waals surface area contributed by atoms with Gasteiger partial charge in [-0.15, -0.1) is 5.10 Å². The molecule has 0 saturated heterocycles. The molecule has 0 radical (unpaired) electrons. The van der Waals surface area contributed by atoms with Gasteiger partial charge >= 0.3 is 10.1 Å². The van der Waals surface area contributed by atoms with E-state index in [1.54, 1.807) is 24.4 Å². The van der Waals surface area contributed by atoms with Crippen molar-refractivity contribution in [3.63, 3.8) is 0 Å². The number of rotatable bonds is 2. The van der Waals surface area contributed by atoms with Gasteiger partial charge in [-0.25, -0.2) is 0 Å². The Labute approximate surface area is 86.8 Å². The normalized spacial score (nSPS) is 11.5. The molecule has 1 heterocycles. The highest BCUT2D eigenvalue weighted by atomic mass is 32.2. The smallest absolute Gasteiger partial charge is 0.307 e. The lowest BCUT2D eigenvalue weighted by Crippen LogP contribution is -2.07. The van der Waals surface area contributed by atoms with Crippen LogP contribution in [-0.4, -0.2) is 24.9 Å². The molecule has 0 N–H and O–H groups in total. The van der Waals surface area contributed by atoms with Crippen LogP contribution in [0, 0.1) is 0 Å². The predicted octanol–water partition coefficient (Wildman–Crippen LogP) is 0.968. The van der Waals surface area contributed by atoms with Gasteiger partial charge in [0.1, 0.15) is 0 Å². The molecule has 78 valence electrons. The summed E-state index contributed by atoms with van der Waals surface area (Å²) in [5.41, 5.74) is 0. The Kier molecular flexibility index (Phi) is 2.28. The Morgan fingerprint density at radius 3 is 2.73 bits per heavy atom. The van der Waals surface area contributed by atoms with Crippen LogP contribution in [0.3, 0.4) is 0 Å². The molecule has 0 saturated carbocycles. The second-order valence-corrected chi connectivity index (χ2v) is 4.60. The van der Waals surface area contributed by atoms with Gasteiger partial charge in [-0.1, -0.05) is 18.2 Å². The van der Waals surface area contributed by atoms with Crippen molar-refractivity contribution in [3.8, 4) is 5.88 Å². The van der Waals surface area contributed by atoms with Crippen molar-refractivity contribution in [2.45, 2.75) is 0 Å². The number of aromatic nitrogens is 2. The lowest BCUT2D eigenvalue weighted by Gasteiger charge is -2.03. The Bertz CT molecular complexity index is 590. The molecule has 0 bridgehead atoms. The van der Waals surface area contributed by atoms with Crippen LogP contribution in [0.25, 0.3) is 10.8 Å². The Morgan fingerprint density at radius 1 is 1.27 bits per heavy atom. The fourth-order valence-corrected chi connectivity index (χ4v) is 1.62. The number of fused-ring (bicyclic) bond motifs is 1. The summed E-state index contributed by atoms with van der Waals surface area (Å²) < 4.78 is 26.6. The van der Waals surface area contributed by atoms with E-state index in [1.807, 2.05) is 6.07 Å². The molecule has 0 aliphatic rings. The molecule has 0 fully saturated rings. The quantitative estimate of drug-likeness (QED) is 0.711. The molecule has 15 heavy (non-hydrogen) atoms. The van der Waals surface area contributed by atoms with Gasteiger partial charge in [-0.2, -0.15) is 13.5 Å². The van der Waals surface area contributed by atoms with Gasteiger partial charge in [-0.3, -0.25) is 0 Å². The SMILES string of the molecule is CS(=O)(=O)Oc1nncc2ccccc12. The van der Waals surface area contributed by atoms with Gasteiger partial charge in [0.2, 0.25) is 0 Å². The van der Waals surface area contributed by atoms with Crippen LogP contribution in [0.1, 0.15) is 0 Å². The first-order valence-electron chi connectivity index (χ1n) is 4.16. The molecular weight excluding hydrogens is 216 g/mol. The maximum Gasteiger partial charge on any atom is 0.307 e. The summed E-state index contributed by atoms with van der Waals surface area (Å²) in [7, 11) is -3.57. The minimum Gasteiger partial charge on any atom is -0.359 e. The van der Waals surface area contributed by atoms with Gasteiger partial charge in [0.15, 0.2) is 0 Å². The summed E-state index contributed by atoms with van der Waals surface area (Å²) >= 11 is 0. The highest BCUT2D eigenvalue weighted by molar-refractivity contribution is 7.86. The number of nitrogens with zero attached hydrogens (tertiary/aromatic N) is 2. The second kappa shape index (κ2) is 3.47. The van der Waals surface area contributed by atoms with Crippen molar-refractivity contribution in [1.82, 2.24) is 10.2 Å². The molecule has 0 aliphatic carbocycles. The van der Waals surface area contributed by atoms with E-state index in [0.717, 1.165) is 11.6 Å². The van der Waals surface area contributed by atoms with Crippen LogP contribution in [0.4, 0.5) is 0 Å². The molecule has 6 heteroatoms. The van der Waals surface area contributed by atoms with Crippen LogP contribution in [0.2, 0.25) is 0 Å². The molecule has 1 aromatic heterocycles. The highest BCUT2D eigenvalue weighted by Gasteiger charge is 2.09. The topological polar surface area (TPSA) is 69.2 Å². The van der Waals surface area contributed by atoms with Crippen molar-refractivity contribution in [1.29, 1.82) is 0 Å². The standard InChI is InChI=1S/C9H8N2O3S/c1-15(12,13)14-9-8-5-3-2-4-7(8)6-10-11-9/h2-6H,1H3. The minimum absolute atomic E-state index is 0.00981. The third-order valence-corrected chi connectivity index (χ3v) is 2.23. The van der Waals surface area contributed by atoms with E-state index in [9.17, 15) is 8.42 Å². The van der Waals surface area contributed by atoms with Crippen LogP contribution in [0.5, 0.6) is 5.88 Å². The third-order valence-electron chi connectivity index (χ3n) is 1.77. The van der Waals surface area contributed by atoms with E-state index >= 15 is 0 Å². The molecule has 0 spiro atoms. The molecule has 0 aliphatic heterocycles. The average Bonchev–Trinajstić information content (AvgIpc) is 2.16. The summed E-state index contributed by atoms with van der Waals surface area (Å²) in [5, 5.41) is 8.70. The van der Waals surface area contributed by atoms with Gasteiger partial charge in [-0.05, 0) is 6.07 Å². The molecule has 5 nitrogen and oxygen atoms in total. The summed E-state index contributed by atoms with van der Waals surface area (Å²) in [6.07, 6.45) is 2.51. The first-order chi connectivity index (χ1) is 7.06. The molecule has 0 atom stereocenters. The van der Waals surface area contributed by atoms with Crippen LogP contribution >= 0.6 is 0 Å². The van der Waals surface area contributed by atoms with Gasteiger partial charge in [0.25, 0.3) is 5.88 Å². The van der Waals surface area contributed by atoms with E-state index < -0.39 is 10.1 Å². The second-order valence-electron chi connectivity index (χ2n) is 3.02. The maximum absolute atomic E-state index is 11.0. The van der Waals surface area contributed by atoms with Crippen molar-refractivity contribution < 1.29 is 12.6 Å². The van der Waals surface area contributed by atoms with Crippen molar-refractivity contribution in [2.24, 2.45) is 0 Å². The molecule has 0 unspecified atom stereocenters. The largest absolute Gasteiger partial charge is 0.359 e. The van der Waals surface area contributed by atoms with Gasteiger partial charge < -0.3 is 4.18 Å². The fourth-order valence-electron chi connectivity index (χ4n) is 1.21. The first kappa shape index (κ1) is 9.85. The summed E-state index contributed by atoms with van der Waals surface area (Å²) in [6, 6.07) is 7.14. The summed E-state index contributed by atoms with van der Waals surface area (Å²) in [6.45, 7) is 0. The summed E-state index contributed by atoms with van der Waals surface area (Å²) in [5.74, 6) is 0.00981. The number of benzene rings is 1. The Hall–Kier alpha value is -1.69. The molecule has 2 rings (SSSR count). The first-order valence-corrected chi connectivity index (χ1v) is 5.98. The Morgan fingerprint density at radius 2 is 2.00 bits per heavy atom. The zero-order valence-corrected chi connectivity index (χ0v) is 8.73. The molecular formula is C9H8N2O3S. The van der Waals surface area contributed by atoms with Crippen molar-refractivity contribution in [2.75, 3.05) is 6.26 Å². The fraction of sp³-hybridized carbons (Fsp3) is 0.111. The third kappa shape index (κ3) is 2.21. The number of hydrogen-bond acceptors (Lipinski definition) is 5. The van der Waals surface area contributed by atoms with Crippen LogP contribution < -0.4 is 4.18 Å². The predicted molar refractivity (Wildman–Crippen MR) is 55.0 cm³/mol. The molecule has 2 aromatic rings. The van der Waals surface area contributed by atoms with Crippen LogP contribution in [0.15, 0.2) is 30.5 Å². The lowest BCUT2D eigenvalue weighted by atomic mass is 10.2. The molecule has 0 amide bonds. The average molecular weight is 224 g/mol. The monoisotopic (exact) mass is 224 g/mol. The lowest BCUT2D eigenvalue weighted by molar-refractivity contribution is 0.482. The van der Waals surface area contributed by atoms with Crippen molar-refractivity contribution in [3.05, 3.63) is 30.5 Å². The Balaban J connectivity index is 2.61. The molecule has 1 aromatic carbocycles. The van der Waals surface area contributed by atoms with Gasteiger partial charge in [0, 0.05) is 10.8 Å². The number of hydrogen-bond donors (Lipinski definition) is 0. The highest BCUT2D eigenvalue weighted by Crippen LogP contribution is 2.21. The van der Waals surface area contributed by atoms with E-state index in [-0.39, 0.29) is 5.88 Å².